The average molecular weight is 1260 g/mol. The van der Waals surface area contributed by atoms with Crippen LogP contribution in [-0.4, -0.2) is 74.9 Å². The van der Waals surface area contributed by atoms with Crippen molar-refractivity contribution in [3.63, 3.8) is 0 Å². The third kappa shape index (κ3) is 72.5. The lowest BCUT2D eigenvalue weighted by Gasteiger charge is -2.24. The Morgan fingerprint density at radius 1 is 0.364 bits per heavy atom. The number of phosphoric acid groups is 1. The van der Waals surface area contributed by atoms with Crippen LogP contribution in [0.4, 0.5) is 0 Å². The molecule has 0 amide bonds. The van der Waals surface area contributed by atoms with E-state index in [0.29, 0.717) is 23.9 Å². The van der Waals surface area contributed by atoms with Crippen LogP contribution in [0.2, 0.25) is 0 Å². The summed E-state index contributed by atoms with van der Waals surface area (Å²) in [5, 5.41) is 0. The van der Waals surface area contributed by atoms with Gasteiger partial charge in [-0.1, -0.05) is 337 Å². The summed E-state index contributed by atoms with van der Waals surface area (Å²) in [5.74, 6) is -0.778. The Labute approximate surface area is 546 Å². The Balaban J connectivity index is 3.96. The summed E-state index contributed by atoms with van der Waals surface area (Å²) in [6.45, 7) is 4.37. The SMILES string of the molecule is CC/C=C\C/C=C\C/C=C\C/C=C\CCCCCCCCCCCCCCCCCCCCCCC(=O)OC(COC(=O)CCCCCCCCCCCCCCCCCCCCC/C=C\C/C=C\CCCCCCC)COP(=O)(O)OCC[N+](C)(C)C. The third-order valence-electron chi connectivity index (χ3n) is 16.7. The van der Waals surface area contributed by atoms with Crippen LogP contribution < -0.4 is 0 Å². The lowest BCUT2D eigenvalue weighted by atomic mass is 10.0. The molecule has 0 aliphatic carbocycles. The number of rotatable bonds is 70. The molecule has 1 N–H and O–H groups in total. The Morgan fingerprint density at radius 3 is 0.966 bits per heavy atom. The van der Waals surface area contributed by atoms with Crippen molar-refractivity contribution in [2.75, 3.05) is 47.5 Å². The zero-order valence-corrected chi connectivity index (χ0v) is 59.6. The van der Waals surface area contributed by atoms with Crippen LogP contribution in [0.3, 0.4) is 0 Å². The maximum atomic E-state index is 12.9. The minimum absolute atomic E-state index is 0.0328. The van der Waals surface area contributed by atoms with Gasteiger partial charge in [0, 0.05) is 12.8 Å². The quantitative estimate of drug-likeness (QED) is 0.0211. The summed E-state index contributed by atoms with van der Waals surface area (Å²) in [6.07, 6.45) is 93.1. The summed E-state index contributed by atoms with van der Waals surface area (Å²) >= 11 is 0. The minimum atomic E-state index is -4.39. The van der Waals surface area contributed by atoms with Crippen molar-refractivity contribution in [3.8, 4) is 0 Å². The van der Waals surface area contributed by atoms with Crippen molar-refractivity contribution < 1.29 is 42.1 Å². The molecule has 0 bridgehead atoms. The van der Waals surface area contributed by atoms with Gasteiger partial charge in [0.15, 0.2) is 6.10 Å². The van der Waals surface area contributed by atoms with E-state index in [4.69, 9.17) is 18.5 Å². The van der Waals surface area contributed by atoms with Gasteiger partial charge in [-0.05, 0) is 83.5 Å². The molecule has 0 aliphatic rings. The molecule has 0 saturated carbocycles. The van der Waals surface area contributed by atoms with Crippen LogP contribution in [0, 0.1) is 0 Å². The molecule has 514 valence electrons. The van der Waals surface area contributed by atoms with Crippen LogP contribution in [0.25, 0.3) is 0 Å². The molecule has 2 atom stereocenters. The average Bonchev–Trinajstić information content (AvgIpc) is 3.56. The van der Waals surface area contributed by atoms with Crippen molar-refractivity contribution in [1.82, 2.24) is 0 Å². The van der Waals surface area contributed by atoms with Gasteiger partial charge in [0.25, 0.3) is 0 Å². The van der Waals surface area contributed by atoms with Gasteiger partial charge in [-0.25, -0.2) is 4.57 Å². The molecular formula is C78H145NO8P+. The van der Waals surface area contributed by atoms with Crippen LogP contribution in [0.1, 0.15) is 361 Å². The Kier molecular flexibility index (Phi) is 66.8. The highest BCUT2D eigenvalue weighted by molar-refractivity contribution is 7.47. The molecule has 88 heavy (non-hydrogen) atoms. The van der Waals surface area contributed by atoms with Crippen molar-refractivity contribution in [2.24, 2.45) is 0 Å². The first-order chi connectivity index (χ1) is 43.0. The standard InChI is InChI=1S/C78H144NO8P/c1-6-8-10-12-14-16-18-20-22-24-26-28-30-32-34-36-38-39-41-43-45-47-49-51-53-55-57-59-61-63-65-67-69-71-78(81)87-76(75-86-88(82,83)85-73-72-79(3,4)5)74-84-77(80)70-68-66-64-62-60-58-56-54-52-50-48-46-44-42-40-37-35-33-31-29-27-25-23-21-19-17-15-13-11-9-7-2/h8,10,14,16,19-22,25-28,76H,6-7,9,11-13,15,17-18,23-24,29-75H2,1-5H3/p+1/b10-8-,16-14-,21-19-,22-20-,27-25-,28-26-. The normalized spacial score (nSPS) is 13.5. The Morgan fingerprint density at radius 2 is 0.648 bits per heavy atom. The molecule has 0 saturated heterocycles. The van der Waals surface area contributed by atoms with E-state index in [9.17, 15) is 19.0 Å². The molecule has 0 radical (unpaired) electrons. The first-order valence-electron chi connectivity index (χ1n) is 37.7. The summed E-state index contributed by atoms with van der Waals surface area (Å²) in [5.41, 5.74) is 0. The third-order valence-corrected chi connectivity index (χ3v) is 17.7. The number of esters is 2. The molecule has 0 heterocycles. The molecular weight excluding hydrogens is 1110 g/mol. The lowest BCUT2D eigenvalue weighted by Crippen LogP contribution is -2.37. The molecule has 0 aliphatic heterocycles. The summed E-state index contributed by atoms with van der Waals surface area (Å²) in [4.78, 5) is 35.9. The van der Waals surface area contributed by atoms with Crippen LogP contribution in [0.15, 0.2) is 72.9 Å². The number of nitrogens with zero attached hydrogens (tertiary/aromatic N) is 1. The molecule has 10 heteroatoms. The smallest absolute Gasteiger partial charge is 0.462 e. The molecule has 2 unspecified atom stereocenters. The number of carbonyl (C=O) groups excluding carboxylic acids is 2. The number of hydrogen-bond acceptors (Lipinski definition) is 7. The molecule has 0 fully saturated rings. The van der Waals surface area contributed by atoms with E-state index in [2.05, 4.69) is 86.8 Å². The highest BCUT2D eigenvalue weighted by Crippen LogP contribution is 2.43. The number of hydrogen-bond donors (Lipinski definition) is 1. The number of likely N-dealkylation sites (N-methyl/N-ethyl adjacent to an activating group) is 1. The minimum Gasteiger partial charge on any atom is -0.462 e. The summed E-state index contributed by atoms with van der Waals surface area (Å²) in [6, 6.07) is 0. The lowest BCUT2D eigenvalue weighted by molar-refractivity contribution is -0.870. The van der Waals surface area contributed by atoms with Crippen molar-refractivity contribution in [3.05, 3.63) is 72.9 Å². The zero-order chi connectivity index (χ0) is 64.1. The van der Waals surface area contributed by atoms with Gasteiger partial charge in [-0.3, -0.25) is 18.6 Å². The Hall–Kier alpha value is -2.55. The molecule has 0 spiro atoms. The van der Waals surface area contributed by atoms with Crippen LogP contribution >= 0.6 is 7.82 Å². The topological polar surface area (TPSA) is 108 Å². The first kappa shape index (κ1) is 85.5. The number of carbonyl (C=O) groups is 2. The largest absolute Gasteiger partial charge is 0.472 e. The van der Waals surface area contributed by atoms with E-state index in [1.165, 1.54) is 263 Å². The van der Waals surface area contributed by atoms with E-state index < -0.39 is 26.5 Å². The number of unbranched alkanes of at least 4 members (excludes halogenated alkanes) is 44. The predicted octanol–water partition coefficient (Wildman–Crippen LogP) is 24.7. The Bertz CT molecular complexity index is 1710. The zero-order valence-electron chi connectivity index (χ0n) is 58.7. The van der Waals surface area contributed by atoms with Crippen LogP contribution in [-0.2, 0) is 32.7 Å². The summed E-state index contributed by atoms with van der Waals surface area (Å²) in [7, 11) is 1.49. The van der Waals surface area contributed by atoms with Crippen molar-refractivity contribution in [1.29, 1.82) is 0 Å². The fourth-order valence-electron chi connectivity index (χ4n) is 11.0. The molecule has 0 aromatic carbocycles. The fourth-order valence-corrected chi connectivity index (χ4v) is 11.7. The first-order valence-corrected chi connectivity index (χ1v) is 39.2. The maximum absolute atomic E-state index is 12.9. The second kappa shape index (κ2) is 68.8. The second-order valence-corrected chi connectivity index (χ2v) is 28.1. The van der Waals surface area contributed by atoms with E-state index in [1.807, 2.05) is 21.1 Å². The fraction of sp³-hybridized carbons (Fsp3) is 0.821. The maximum Gasteiger partial charge on any atom is 0.472 e. The van der Waals surface area contributed by atoms with Gasteiger partial charge >= 0.3 is 19.8 Å². The van der Waals surface area contributed by atoms with E-state index >= 15 is 0 Å². The molecule has 0 aromatic heterocycles. The van der Waals surface area contributed by atoms with Crippen molar-refractivity contribution >= 4 is 19.8 Å². The van der Waals surface area contributed by atoms with Gasteiger partial charge in [0.1, 0.15) is 19.8 Å². The van der Waals surface area contributed by atoms with E-state index in [1.54, 1.807) is 0 Å². The molecule has 0 rings (SSSR count). The number of allylic oxidation sites excluding steroid dienone is 12. The summed E-state index contributed by atoms with van der Waals surface area (Å²) < 4.78 is 34.8. The van der Waals surface area contributed by atoms with E-state index in [-0.39, 0.29) is 25.6 Å². The monoisotopic (exact) mass is 1260 g/mol. The number of ether oxygens (including phenoxy) is 2. The van der Waals surface area contributed by atoms with Gasteiger partial charge in [0.05, 0.1) is 27.7 Å². The van der Waals surface area contributed by atoms with Gasteiger partial charge in [-0.2, -0.15) is 0 Å². The van der Waals surface area contributed by atoms with Crippen LogP contribution in [0.5, 0.6) is 0 Å². The second-order valence-electron chi connectivity index (χ2n) is 26.7. The van der Waals surface area contributed by atoms with Gasteiger partial charge in [0.2, 0.25) is 0 Å². The number of phosphoric ester groups is 1. The predicted molar refractivity (Wildman–Crippen MR) is 381 cm³/mol. The molecule has 0 aromatic rings. The molecule has 9 nitrogen and oxygen atoms in total. The van der Waals surface area contributed by atoms with Crippen molar-refractivity contribution in [2.45, 2.75) is 367 Å². The highest BCUT2D eigenvalue weighted by atomic mass is 31.2. The highest BCUT2D eigenvalue weighted by Gasteiger charge is 2.27. The van der Waals surface area contributed by atoms with Gasteiger partial charge in [-0.15, -0.1) is 0 Å². The van der Waals surface area contributed by atoms with E-state index in [0.717, 1.165) is 64.2 Å². The van der Waals surface area contributed by atoms with Gasteiger partial charge < -0.3 is 18.9 Å². The number of quaternary nitrogens is 1.